The molecule has 0 aliphatic carbocycles. The van der Waals surface area contributed by atoms with Crippen molar-refractivity contribution in [3.05, 3.63) is 12.7 Å². The summed E-state index contributed by atoms with van der Waals surface area (Å²) < 4.78 is 0. The molecule has 0 spiro atoms. The predicted octanol–water partition coefficient (Wildman–Crippen LogP) is -2.44. The van der Waals surface area contributed by atoms with Gasteiger partial charge in [-0.3, -0.25) is 0 Å². The van der Waals surface area contributed by atoms with Gasteiger partial charge in [-0.15, -0.1) is 6.58 Å². The minimum Gasteiger partial charge on any atom is -0.392 e. The van der Waals surface area contributed by atoms with E-state index in [9.17, 15) is 0 Å². The fraction of sp³-hybridized carbons (Fsp3) is 0.333. The van der Waals surface area contributed by atoms with Gasteiger partial charge in [0.2, 0.25) is 0 Å². The van der Waals surface area contributed by atoms with Crippen molar-refractivity contribution in [1.82, 2.24) is 0 Å². The van der Waals surface area contributed by atoms with Gasteiger partial charge in [0.1, 0.15) is 0 Å². The SMILES string of the molecule is C=CCO.O[Si](O)(O)O. The lowest BCUT2D eigenvalue weighted by Crippen LogP contribution is -2.33. The van der Waals surface area contributed by atoms with E-state index in [1.807, 2.05) is 0 Å². The molecule has 9 heavy (non-hydrogen) atoms. The maximum absolute atomic E-state index is 7.76. The van der Waals surface area contributed by atoms with Gasteiger partial charge in [-0.05, 0) is 0 Å². The van der Waals surface area contributed by atoms with Crippen LogP contribution in [0.2, 0.25) is 0 Å². The van der Waals surface area contributed by atoms with Crippen LogP contribution in [0.4, 0.5) is 0 Å². The van der Waals surface area contributed by atoms with Gasteiger partial charge in [-0.2, -0.15) is 0 Å². The molecule has 0 radical (unpaired) electrons. The van der Waals surface area contributed by atoms with Crippen LogP contribution in [0.5, 0.6) is 0 Å². The van der Waals surface area contributed by atoms with Crippen molar-refractivity contribution in [2.75, 3.05) is 6.61 Å². The second kappa shape index (κ2) is 5.89. The summed E-state index contributed by atoms with van der Waals surface area (Å²) in [6, 6.07) is 0. The van der Waals surface area contributed by atoms with Crippen LogP contribution in [-0.4, -0.2) is 39.9 Å². The highest BCUT2D eigenvalue weighted by Gasteiger charge is 2.22. The Morgan fingerprint density at radius 1 is 1.22 bits per heavy atom. The Morgan fingerprint density at radius 3 is 1.33 bits per heavy atom. The topological polar surface area (TPSA) is 101 Å². The third-order valence-corrected chi connectivity index (χ3v) is 0.129. The van der Waals surface area contributed by atoms with Crippen LogP contribution in [0.3, 0.4) is 0 Å². The molecule has 0 bridgehead atoms. The maximum Gasteiger partial charge on any atom is 0.668 e. The Kier molecular flexibility index (Phi) is 7.55. The van der Waals surface area contributed by atoms with Crippen molar-refractivity contribution in [1.29, 1.82) is 0 Å². The summed E-state index contributed by atoms with van der Waals surface area (Å²) in [5, 5.41) is 7.76. The highest BCUT2D eigenvalue weighted by Crippen LogP contribution is 1.67. The molecule has 0 atom stereocenters. The largest absolute Gasteiger partial charge is 0.668 e. The average molecular weight is 154 g/mol. The standard InChI is InChI=1S/C3H6O.H4O4Si/c1-2-3-4;1-5(2,3)4/h2,4H,1,3H2;1-4H. The fourth-order valence-corrected chi connectivity index (χ4v) is 0. The number of hydrogen-bond donors (Lipinski definition) is 5. The fourth-order valence-electron chi connectivity index (χ4n) is 0. The Labute approximate surface area is 53.6 Å². The highest BCUT2D eigenvalue weighted by molar-refractivity contribution is 6.46. The second-order valence-electron chi connectivity index (χ2n) is 1.07. The Hall–Kier alpha value is -0.243. The van der Waals surface area contributed by atoms with Crippen LogP contribution < -0.4 is 0 Å². The molecule has 0 saturated heterocycles. The van der Waals surface area contributed by atoms with E-state index in [0.717, 1.165) is 0 Å². The van der Waals surface area contributed by atoms with E-state index in [4.69, 9.17) is 24.3 Å². The quantitative estimate of drug-likeness (QED) is 0.213. The van der Waals surface area contributed by atoms with Crippen LogP contribution in [0.1, 0.15) is 0 Å². The lowest BCUT2D eigenvalue weighted by atomic mass is 10.7. The van der Waals surface area contributed by atoms with E-state index in [1.54, 1.807) is 0 Å². The van der Waals surface area contributed by atoms with Crippen molar-refractivity contribution in [2.45, 2.75) is 0 Å². The number of rotatable bonds is 1. The first-order chi connectivity index (χ1) is 3.91. The molecule has 5 N–H and O–H groups in total. The van der Waals surface area contributed by atoms with Gasteiger partial charge in [0.05, 0.1) is 6.61 Å². The maximum atomic E-state index is 7.76. The Balaban J connectivity index is 0. The lowest BCUT2D eigenvalue weighted by Gasteiger charge is -1.91. The minimum absolute atomic E-state index is 0.0833. The smallest absolute Gasteiger partial charge is 0.392 e. The van der Waals surface area contributed by atoms with Gasteiger partial charge in [0, 0.05) is 0 Å². The molecular formula is C3H10O5Si. The van der Waals surface area contributed by atoms with E-state index in [-0.39, 0.29) is 6.61 Å². The molecule has 0 unspecified atom stereocenters. The van der Waals surface area contributed by atoms with Crippen LogP contribution in [0, 0.1) is 0 Å². The summed E-state index contributed by atoms with van der Waals surface area (Å²) in [5.41, 5.74) is 0. The molecule has 0 aliphatic heterocycles. The van der Waals surface area contributed by atoms with E-state index >= 15 is 0 Å². The number of aliphatic hydroxyl groups is 1. The van der Waals surface area contributed by atoms with Crippen molar-refractivity contribution in [2.24, 2.45) is 0 Å². The molecule has 0 aliphatic rings. The zero-order valence-electron chi connectivity index (χ0n) is 4.73. The van der Waals surface area contributed by atoms with Gasteiger partial charge < -0.3 is 24.3 Å². The van der Waals surface area contributed by atoms with Gasteiger partial charge >= 0.3 is 9.05 Å². The van der Waals surface area contributed by atoms with Crippen molar-refractivity contribution >= 4 is 9.05 Å². The van der Waals surface area contributed by atoms with Crippen molar-refractivity contribution < 1.29 is 24.3 Å². The van der Waals surface area contributed by atoms with Crippen molar-refractivity contribution in [3.63, 3.8) is 0 Å². The molecule has 5 nitrogen and oxygen atoms in total. The molecule has 6 heteroatoms. The zero-order chi connectivity index (χ0) is 7.91. The molecule has 56 valence electrons. The van der Waals surface area contributed by atoms with Crippen LogP contribution in [-0.2, 0) is 0 Å². The normalized spacial score (nSPS) is 9.44. The average Bonchev–Trinajstić information content (AvgIpc) is 1.61. The van der Waals surface area contributed by atoms with Gasteiger partial charge in [-0.1, -0.05) is 6.08 Å². The number of hydrogen-bond acceptors (Lipinski definition) is 5. The third-order valence-electron chi connectivity index (χ3n) is 0.129. The second-order valence-corrected chi connectivity index (χ2v) is 2.27. The minimum atomic E-state index is -4.61. The molecule has 0 aromatic carbocycles. The first-order valence-electron chi connectivity index (χ1n) is 2.03. The van der Waals surface area contributed by atoms with Crippen LogP contribution >= 0.6 is 0 Å². The van der Waals surface area contributed by atoms with Crippen LogP contribution in [0.15, 0.2) is 12.7 Å². The first kappa shape index (κ1) is 11.5. The summed E-state index contributed by atoms with van der Waals surface area (Å²) in [6.07, 6.45) is 1.43. The molecule has 0 fully saturated rings. The number of aliphatic hydroxyl groups excluding tert-OH is 1. The van der Waals surface area contributed by atoms with E-state index in [1.165, 1.54) is 6.08 Å². The molecular weight excluding hydrogens is 144 g/mol. The summed E-state index contributed by atoms with van der Waals surface area (Å²) in [4.78, 5) is 29.3. The van der Waals surface area contributed by atoms with Gasteiger partial charge in [-0.25, -0.2) is 0 Å². The third kappa shape index (κ3) is 449. The summed E-state index contributed by atoms with van der Waals surface area (Å²) >= 11 is 0. The molecule has 0 aromatic rings. The lowest BCUT2D eigenvalue weighted by molar-refractivity contribution is 0.117. The first-order valence-corrected chi connectivity index (χ1v) is 3.82. The molecule has 0 saturated carbocycles. The summed E-state index contributed by atoms with van der Waals surface area (Å²) in [6.45, 7) is 3.31. The van der Waals surface area contributed by atoms with Gasteiger partial charge in [0.25, 0.3) is 0 Å². The van der Waals surface area contributed by atoms with E-state index in [0.29, 0.717) is 0 Å². The monoisotopic (exact) mass is 154 g/mol. The van der Waals surface area contributed by atoms with Gasteiger partial charge in [0.15, 0.2) is 0 Å². The highest BCUT2D eigenvalue weighted by atomic mass is 28.4. The molecule has 0 aromatic heterocycles. The predicted molar refractivity (Wildman–Crippen MR) is 31.9 cm³/mol. The Morgan fingerprint density at radius 2 is 1.33 bits per heavy atom. The van der Waals surface area contributed by atoms with Crippen LogP contribution in [0.25, 0.3) is 0 Å². The molecule has 0 rings (SSSR count). The summed E-state index contributed by atoms with van der Waals surface area (Å²) in [7, 11) is -4.61. The molecule has 0 amide bonds. The van der Waals surface area contributed by atoms with E-state index < -0.39 is 9.05 Å². The Bertz CT molecular complexity index is 61.1. The van der Waals surface area contributed by atoms with Crippen molar-refractivity contribution in [3.8, 4) is 0 Å². The summed E-state index contributed by atoms with van der Waals surface area (Å²) in [5.74, 6) is 0. The molecule has 0 heterocycles. The zero-order valence-corrected chi connectivity index (χ0v) is 5.73. The van der Waals surface area contributed by atoms with E-state index in [2.05, 4.69) is 6.58 Å².